The normalized spacial score (nSPS) is 28.9. The molecule has 0 amide bonds. The van der Waals surface area contributed by atoms with Crippen molar-refractivity contribution in [1.82, 2.24) is 0 Å². The molecule has 0 radical (unpaired) electrons. The van der Waals surface area contributed by atoms with Gasteiger partial charge in [0.15, 0.2) is 5.79 Å². The second-order valence-corrected chi connectivity index (χ2v) is 5.81. The maximum atomic E-state index is 9.94. The van der Waals surface area contributed by atoms with Crippen molar-refractivity contribution in [3.05, 3.63) is 11.6 Å². The predicted octanol–water partition coefficient (Wildman–Crippen LogP) is 4.30. The first-order valence-corrected chi connectivity index (χ1v) is 9.10. The summed E-state index contributed by atoms with van der Waals surface area (Å²) in [7, 11) is 0. The van der Waals surface area contributed by atoms with Gasteiger partial charge in [0.25, 0.3) is 0 Å². The summed E-state index contributed by atoms with van der Waals surface area (Å²) in [5.74, 6) is -0.650. The van der Waals surface area contributed by atoms with Crippen LogP contribution in [-0.4, -0.2) is 41.9 Å². The minimum Gasteiger partial charge on any atom is -0.396 e. The summed E-state index contributed by atoms with van der Waals surface area (Å²) in [6, 6.07) is 0. The standard InChI is InChI=1S/C15H28O4.2C2H6/c1-5-12(3)13(17)7-8-14(4)18-10-15(6-2,9-16)11-19-14;2*1-2/h5,13,16-17H,6-11H2,1-4H3;2*1-2H3/b12-5-;;. The molecule has 0 aliphatic carbocycles. The Labute approximate surface area is 143 Å². The fourth-order valence-electron chi connectivity index (χ4n) is 2.07. The zero-order chi connectivity index (χ0) is 18.5. The number of hydrogen-bond donors (Lipinski definition) is 2. The third-order valence-electron chi connectivity index (χ3n) is 4.31. The van der Waals surface area contributed by atoms with E-state index >= 15 is 0 Å². The monoisotopic (exact) mass is 332 g/mol. The van der Waals surface area contributed by atoms with E-state index in [-0.39, 0.29) is 12.0 Å². The van der Waals surface area contributed by atoms with Crippen LogP contribution in [-0.2, 0) is 9.47 Å². The van der Waals surface area contributed by atoms with Crippen molar-refractivity contribution >= 4 is 0 Å². The highest BCUT2D eigenvalue weighted by molar-refractivity contribution is 5.02. The molecule has 1 rings (SSSR count). The number of ether oxygens (including phenoxy) is 2. The first-order chi connectivity index (χ1) is 10.9. The van der Waals surface area contributed by atoms with Crippen LogP contribution >= 0.6 is 0 Å². The van der Waals surface area contributed by atoms with Crippen LogP contribution in [0.2, 0.25) is 0 Å². The summed E-state index contributed by atoms with van der Waals surface area (Å²) in [5.41, 5.74) is 0.704. The van der Waals surface area contributed by atoms with Gasteiger partial charge in [-0.15, -0.1) is 0 Å². The summed E-state index contributed by atoms with van der Waals surface area (Å²) in [6.45, 7) is 16.9. The molecule has 140 valence electrons. The van der Waals surface area contributed by atoms with Crippen molar-refractivity contribution in [2.75, 3.05) is 19.8 Å². The Morgan fingerprint density at radius 2 is 1.65 bits per heavy atom. The predicted molar refractivity (Wildman–Crippen MR) is 97.5 cm³/mol. The minimum absolute atomic E-state index is 0.0832. The van der Waals surface area contributed by atoms with E-state index in [4.69, 9.17) is 9.47 Å². The summed E-state index contributed by atoms with van der Waals surface area (Å²) in [5, 5.41) is 19.4. The molecule has 4 heteroatoms. The van der Waals surface area contributed by atoms with Crippen LogP contribution in [0.1, 0.15) is 74.7 Å². The average molecular weight is 333 g/mol. The van der Waals surface area contributed by atoms with Gasteiger partial charge in [0.1, 0.15) is 0 Å². The highest BCUT2D eigenvalue weighted by atomic mass is 16.7. The lowest BCUT2D eigenvalue weighted by Gasteiger charge is -2.44. The van der Waals surface area contributed by atoms with Crippen molar-refractivity contribution in [1.29, 1.82) is 0 Å². The highest BCUT2D eigenvalue weighted by Gasteiger charge is 2.40. The second kappa shape index (κ2) is 12.9. The molecule has 0 bridgehead atoms. The first kappa shape index (κ1) is 24.8. The fraction of sp³-hybridized carbons (Fsp3) is 0.895. The first-order valence-electron chi connectivity index (χ1n) is 9.10. The Hall–Kier alpha value is -0.420. The number of aliphatic hydroxyl groups is 2. The average Bonchev–Trinajstić information content (AvgIpc) is 2.63. The topological polar surface area (TPSA) is 58.9 Å². The van der Waals surface area contributed by atoms with Crippen molar-refractivity contribution in [2.45, 2.75) is 86.5 Å². The van der Waals surface area contributed by atoms with E-state index in [2.05, 4.69) is 0 Å². The lowest BCUT2D eigenvalue weighted by Crippen LogP contribution is -2.49. The van der Waals surface area contributed by atoms with Gasteiger partial charge in [-0.2, -0.15) is 0 Å². The van der Waals surface area contributed by atoms with Gasteiger partial charge in [0, 0.05) is 11.8 Å². The summed E-state index contributed by atoms with van der Waals surface area (Å²) >= 11 is 0. The fourth-order valence-corrected chi connectivity index (χ4v) is 2.07. The second-order valence-electron chi connectivity index (χ2n) is 5.81. The van der Waals surface area contributed by atoms with Crippen molar-refractivity contribution in [3.8, 4) is 0 Å². The highest BCUT2D eigenvalue weighted by Crippen LogP contribution is 2.35. The summed E-state index contributed by atoms with van der Waals surface area (Å²) < 4.78 is 11.6. The van der Waals surface area contributed by atoms with E-state index in [0.29, 0.717) is 26.1 Å². The van der Waals surface area contributed by atoms with Gasteiger partial charge in [-0.3, -0.25) is 0 Å². The lowest BCUT2D eigenvalue weighted by molar-refractivity contribution is -0.303. The van der Waals surface area contributed by atoms with Gasteiger partial charge in [0.2, 0.25) is 0 Å². The number of rotatable bonds is 6. The molecule has 1 aliphatic rings. The maximum Gasteiger partial charge on any atom is 0.165 e. The van der Waals surface area contributed by atoms with Crippen LogP contribution in [0.25, 0.3) is 0 Å². The van der Waals surface area contributed by atoms with Crippen LogP contribution in [0.15, 0.2) is 11.6 Å². The van der Waals surface area contributed by atoms with E-state index in [1.165, 1.54) is 0 Å². The Bertz CT molecular complexity index is 298. The Morgan fingerprint density at radius 1 is 1.17 bits per heavy atom. The Morgan fingerprint density at radius 3 is 2.00 bits per heavy atom. The third-order valence-corrected chi connectivity index (χ3v) is 4.31. The molecule has 4 nitrogen and oxygen atoms in total. The molecular formula is C19H40O4. The quantitative estimate of drug-likeness (QED) is 0.712. The Kier molecular flexibility index (Phi) is 14.0. The smallest absolute Gasteiger partial charge is 0.165 e. The molecule has 0 aromatic rings. The molecule has 1 aliphatic heterocycles. The molecule has 0 aromatic heterocycles. The van der Waals surface area contributed by atoms with Crippen LogP contribution in [0, 0.1) is 5.41 Å². The number of hydrogen-bond acceptors (Lipinski definition) is 4. The number of allylic oxidation sites excluding steroid dienone is 1. The minimum atomic E-state index is -0.650. The van der Waals surface area contributed by atoms with E-state index in [0.717, 1.165) is 12.0 Å². The molecule has 0 saturated carbocycles. The molecule has 1 atom stereocenters. The van der Waals surface area contributed by atoms with E-state index < -0.39 is 11.9 Å². The zero-order valence-electron chi connectivity index (χ0n) is 16.6. The largest absolute Gasteiger partial charge is 0.396 e. The van der Waals surface area contributed by atoms with E-state index in [1.807, 2.05) is 61.5 Å². The molecule has 2 N–H and O–H groups in total. The summed E-state index contributed by atoms with van der Waals surface area (Å²) in [6.07, 6.45) is 3.57. The van der Waals surface area contributed by atoms with Gasteiger partial charge in [-0.1, -0.05) is 40.7 Å². The zero-order valence-corrected chi connectivity index (χ0v) is 16.6. The molecule has 1 saturated heterocycles. The van der Waals surface area contributed by atoms with Crippen molar-refractivity contribution in [3.63, 3.8) is 0 Å². The van der Waals surface area contributed by atoms with E-state index in [9.17, 15) is 10.2 Å². The van der Waals surface area contributed by atoms with Crippen molar-refractivity contribution in [2.24, 2.45) is 5.41 Å². The molecule has 23 heavy (non-hydrogen) atoms. The maximum absolute atomic E-state index is 9.94. The van der Waals surface area contributed by atoms with Gasteiger partial charge in [-0.25, -0.2) is 0 Å². The molecule has 1 unspecified atom stereocenters. The van der Waals surface area contributed by atoms with Crippen LogP contribution in [0.3, 0.4) is 0 Å². The van der Waals surface area contributed by atoms with Gasteiger partial charge < -0.3 is 19.7 Å². The van der Waals surface area contributed by atoms with E-state index in [1.54, 1.807) is 0 Å². The molecule has 0 spiro atoms. The molecule has 0 aromatic carbocycles. The molecule has 1 fully saturated rings. The Balaban J connectivity index is 0. The van der Waals surface area contributed by atoms with Gasteiger partial charge >= 0.3 is 0 Å². The molecular weight excluding hydrogens is 292 g/mol. The lowest BCUT2D eigenvalue weighted by atomic mass is 9.86. The molecule has 1 heterocycles. The van der Waals surface area contributed by atoms with Crippen molar-refractivity contribution < 1.29 is 19.7 Å². The third kappa shape index (κ3) is 8.30. The number of aliphatic hydroxyl groups excluding tert-OH is 2. The van der Waals surface area contributed by atoms with Crippen LogP contribution in [0.4, 0.5) is 0 Å². The van der Waals surface area contributed by atoms with Gasteiger partial charge in [-0.05, 0) is 39.2 Å². The van der Waals surface area contributed by atoms with Crippen LogP contribution < -0.4 is 0 Å². The van der Waals surface area contributed by atoms with Crippen LogP contribution in [0.5, 0.6) is 0 Å². The summed E-state index contributed by atoms with van der Waals surface area (Å²) in [4.78, 5) is 0. The SMILES string of the molecule is C/C=C(/C)C(O)CCC1(C)OCC(CC)(CO)CO1.CC.CC. The van der Waals surface area contributed by atoms with Gasteiger partial charge in [0.05, 0.1) is 25.9 Å².